The van der Waals surface area contributed by atoms with Crippen LogP contribution in [0.3, 0.4) is 0 Å². The van der Waals surface area contributed by atoms with Crippen LogP contribution < -0.4 is 0 Å². The van der Waals surface area contributed by atoms with Crippen molar-refractivity contribution in [3.05, 3.63) is 35.8 Å². The molecule has 88 valence electrons. The number of allylic oxidation sites excluding steroid dienone is 5. The Hall–Kier alpha value is -1.31. The van der Waals surface area contributed by atoms with Gasteiger partial charge in [-0.2, -0.15) is 0 Å². The Morgan fingerprint density at radius 2 is 1.94 bits per heavy atom. The summed E-state index contributed by atoms with van der Waals surface area (Å²) in [6.45, 7) is 8.16. The van der Waals surface area contributed by atoms with Crippen molar-refractivity contribution >= 4 is 5.71 Å². The number of aliphatic hydroxyl groups is 1. The fourth-order valence-electron chi connectivity index (χ4n) is 1.58. The van der Waals surface area contributed by atoms with Crippen molar-refractivity contribution in [1.29, 1.82) is 0 Å². The van der Waals surface area contributed by atoms with Gasteiger partial charge in [0.1, 0.15) is 5.76 Å². The minimum absolute atomic E-state index is 0.258. The molecule has 1 unspecified atom stereocenters. The van der Waals surface area contributed by atoms with Crippen molar-refractivity contribution < 1.29 is 5.11 Å². The zero-order valence-corrected chi connectivity index (χ0v) is 10.6. The van der Waals surface area contributed by atoms with Crippen molar-refractivity contribution in [2.24, 2.45) is 16.8 Å². The summed E-state index contributed by atoms with van der Waals surface area (Å²) in [5.74, 6) is 1.29. The van der Waals surface area contributed by atoms with E-state index in [1.807, 2.05) is 26.0 Å². The monoisotopic (exact) mass is 219 g/mol. The Bertz CT molecular complexity index is 361. The molecule has 2 nitrogen and oxygen atoms in total. The normalized spacial score (nSPS) is 39.4. The van der Waals surface area contributed by atoms with Crippen LogP contribution >= 0.6 is 0 Å². The van der Waals surface area contributed by atoms with Crippen molar-refractivity contribution in [2.75, 3.05) is 0 Å². The molecule has 0 amide bonds. The third-order valence-electron chi connectivity index (χ3n) is 3.04. The molecule has 0 fully saturated rings. The van der Waals surface area contributed by atoms with Gasteiger partial charge in [-0.05, 0) is 44.3 Å². The zero-order chi connectivity index (χ0) is 12.1. The molecule has 0 aromatic carbocycles. The first-order chi connectivity index (χ1) is 7.50. The average molecular weight is 219 g/mol. The standard InChI is InChI=1S/C14H21NO/c1-10-6-5-7-12(3)15-13(4)14(16)9-8-11(10)2/h5,7-11,16H,6H2,1-4H3/b7-5-,9-8-,14-13-,15-12+/t10?,11-/m1/s1. The molecule has 1 rings (SSSR count). The molecule has 0 aromatic heterocycles. The summed E-state index contributed by atoms with van der Waals surface area (Å²) in [5, 5.41) is 9.77. The lowest BCUT2D eigenvalue weighted by Gasteiger charge is -2.13. The second-order valence-electron chi connectivity index (χ2n) is 4.56. The van der Waals surface area contributed by atoms with Gasteiger partial charge in [0.2, 0.25) is 0 Å². The highest BCUT2D eigenvalue weighted by Crippen LogP contribution is 2.19. The van der Waals surface area contributed by atoms with Crippen LogP contribution in [-0.4, -0.2) is 10.8 Å². The first-order valence-electron chi connectivity index (χ1n) is 5.80. The summed E-state index contributed by atoms with van der Waals surface area (Å²) >= 11 is 0. The molecule has 2 atom stereocenters. The van der Waals surface area contributed by atoms with Gasteiger partial charge in [0, 0.05) is 5.71 Å². The van der Waals surface area contributed by atoms with Crippen LogP contribution in [-0.2, 0) is 0 Å². The highest BCUT2D eigenvalue weighted by Gasteiger charge is 2.08. The Labute approximate surface area is 98.1 Å². The topological polar surface area (TPSA) is 32.6 Å². The Kier molecular flexibility index (Phi) is 4.53. The van der Waals surface area contributed by atoms with Gasteiger partial charge in [0.15, 0.2) is 0 Å². The van der Waals surface area contributed by atoms with E-state index in [1.165, 1.54) is 0 Å². The molecule has 0 aromatic rings. The van der Waals surface area contributed by atoms with Crippen LogP contribution in [0.25, 0.3) is 0 Å². The molecule has 0 saturated heterocycles. The number of nitrogens with zero attached hydrogens (tertiary/aromatic N) is 1. The summed E-state index contributed by atoms with van der Waals surface area (Å²) in [5.41, 5.74) is 1.60. The molecular weight excluding hydrogens is 198 g/mol. The van der Waals surface area contributed by atoms with Crippen LogP contribution in [0.2, 0.25) is 0 Å². The van der Waals surface area contributed by atoms with Crippen LogP contribution in [0.4, 0.5) is 0 Å². The van der Waals surface area contributed by atoms with Crippen molar-refractivity contribution in [3.63, 3.8) is 0 Å². The van der Waals surface area contributed by atoms with E-state index in [4.69, 9.17) is 0 Å². The van der Waals surface area contributed by atoms with Gasteiger partial charge in [-0.1, -0.05) is 26.0 Å². The summed E-state index contributed by atoms with van der Waals surface area (Å²) in [4.78, 5) is 4.32. The fourth-order valence-corrected chi connectivity index (χ4v) is 1.58. The summed E-state index contributed by atoms with van der Waals surface area (Å²) in [6, 6.07) is 0. The second kappa shape index (κ2) is 5.69. The Balaban J connectivity index is 3.04. The van der Waals surface area contributed by atoms with E-state index in [0.717, 1.165) is 12.1 Å². The molecule has 0 spiro atoms. The lowest BCUT2D eigenvalue weighted by Crippen LogP contribution is -2.03. The van der Waals surface area contributed by atoms with Gasteiger partial charge in [-0.3, -0.25) is 4.99 Å². The molecule has 0 bridgehead atoms. The quantitative estimate of drug-likeness (QED) is 0.655. The number of hydrogen-bond acceptors (Lipinski definition) is 2. The van der Waals surface area contributed by atoms with Gasteiger partial charge in [0.05, 0.1) is 5.70 Å². The smallest absolute Gasteiger partial charge is 0.136 e. The van der Waals surface area contributed by atoms with Gasteiger partial charge in [0.25, 0.3) is 0 Å². The van der Waals surface area contributed by atoms with E-state index in [9.17, 15) is 5.11 Å². The highest BCUT2D eigenvalue weighted by atomic mass is 16.3. The van der Waals surface area contributed by atoms with Gasteiger partial charge >= 0.3 is 0 Å². The van der Waals surface area contributed by atoms with E-state index in [1.54, 1.807) is 6.08 Å². The van der Waals surface area contributed by atoms with E-state index in [-0.39, 0.29) is 5.76 Å². The summed E-state index contributed by atoms with van der Waals surface area (Å²) < 4.78 is 0. The molecule has 0 radical (unpaired) electrons. The third-order valence-corrected chi connectivity index (χ3v) is 3.04. The minimum atomic E-state index is 0.258. The van der Waals surface area contributed by atoms with Gasteiger partial charge in [-0.25, -0.2) is 0 Å². The van der Waals surface area contributed by atoms with Crippen LogP contribution in [0.5, 0.6) is 0 Å². The van der Waals surface area contributed by atoms with E-state index < -0.39 is 0 Å². The Morgan fingerprint density at radius 1 is 1.25 bits per heavy atom. The predicted molar refractivity (Wildman–Crippen MR) is 69.7 cm³/mol. The second-order valence-corrected chi connectivity index (χ2v) is 4.56. The number of aliphatic hydroxyl groups excluding tert-OH is 1. The lowest BCUT2D eigenvalue weighted by atomic mass is 9.92. The molecule has 0 saturated carbocycles. The first kappa shape index (κ1) is 12.8. The molecule has 1 aliphatic rings. The summed E-state index contributed by atoms with van der Waals surface area (Å²) in [6.07, 6.45) is 9.03. The van der Waals surface area contributed by atoms with Crippen molar-refractivity contribution in [3.8, 4) is 0 Å². The maximum absolute atomic E-state index is 9.77. The van der Waals surface area contributed by atoms with Crippen molar-refractivity contribution in [1.82, 2.24) is 0 Å². The highest BCUT2D eigenvalue weighted by molar-refractivity contribution is 5.93. The van der Waals surface area contributed by atoms with Crippen LogP contribution in [0.15, 0.2) is 40.8 Å². The largest absolute Gasteiger partial charge is 0.506 e. The molecule has 1 aliphatic heterocycles. The van der Waals surface area contributed by atoms with E-state index in [0.29, 0.717) is 17.5 Å². The molecule has 1 heterocycles. The summed E-state index contributed by atoms with van der Waals surface area (Å²) in [7, 11) is 0. The fraction of sp³-hybridized carbons (Fsp3) is 0.500. The zero-order valence-electron chi connectivity index (χ0n) is 10.6. The first-order valence-corrected chi connectivity index (χ1v) is 5.80. The molecule has 0 aliphatic carbocycles. The third kappa shape index (κ3) is 3.69. The van der Waals surface area contributed by atoms with Crippen LogP contribution in [0.1, 0.15) is 34.1 Å². The Morgan fingerprint density at radius 3 is 2.62 bits per heavy atom. The number of rotatable bonds is 0. The average Bonchev–Trinajstić information content (AvgIpc) is 2.25. The minimum Gasteiger partial charge on any atom is -0.506 e. The maximum atomic E-state index is 9.77. The molecule has 16 heavy (non-hydrogen) atoms. The van der Waals surface area contributed by atoms with Crippen LogP contribution in [0, 0.1) is 11.8 Å². The molecule has 2 heteroatoms. The van der Waals surface area contributed by atoms with Gasteiger partial charge in [-0.15, -0.1) is 0 Å². The molecule has 1 N–H and O–H groups in total. The van der Waals surface area contributed by atoms with E-state index >= 15 is 0 Å². The number of aliphatic imine (C=N–C) groups is 1. The SMILES string of the molecule is CC1=C(O)\C=C/[C@@H](C)C(C)C/C=C\C(C)=N\1. The maximum Gasteiger partial charge on any atom is 0.136 e. The van der Waals surface area contributed by atoms with Crippen molar-refractivity contribution in [2.45, 2.75) is 34.1 Å². The predicted octanol–water partition coefficient (Wildman–Crippen LogP) is 4.03. The lowest BCUT2D eigenvalue weighted by molar-refractivity contribution is 0.420. The van der Waals surface area contributed by atoms with Gasteiger partial charge < -0.3 is 5.11 Å². The molecular formula is C14H21NO. The van der Waals surface area contributed by atoms with E-state index in [2.05, 4.69) is 24.9 Å². The number of hydrogen-bond donors (Lipinski definition) is 1.